The summed E-state index contributed by atoms with van der Waals surface area (Å²) in [4.78, 5) is 17.0. The highest BCUT2D eigenvalue weighted by atomic mass is 32.1. The van der Waals surface area contributed by atoms with Crippen molar-refractivity contribution in [1.82, 2.24) is 10.3 Å². The molecule has 0 aliphatic carbocycles. The second-order valence-corrected chi connectivity index (χ2v) is 7.58. The normalized spacial score (nSPS) is 11.0. The zero-order valence-corrected chi connectivity index (χ0v) is 16.1. The number of benzene rings is 2. The van der Waals surface area contributed by atoms with Crippen LogP contribution in [0.4, 0.5) is 0 Å². The highest BCUT2D eigenvalue weighted by molar-refractivity contribution is 7.09. The summed E-state index contributed by atoms with van der Waals surface area (Å²) >= 11 is 1.56. The first-order chi connectivity index (χ1) is 13.1. The van der Waals surface area contributed by atoms with Crippen LogP contribution in [0.25, 0.3) is 22.2 Å². The highest BCUT2D eigenvalue weighted by Crippen LogP contribution is 2.25. The van der Waals surface area contributed by atoms with E-state index in [0.717, 1.165) is 32.8 Å². The van der Waals surface area contributed by atoms with Gasteiger partial charge in [0.1, 0.15) is 10.6 Å². The number of hydrogen-bond donors (Lipinski definition) is 1. The minimum atomic E-state index is -0.0348. The predicted molar refractivity (Wildman–Crippen MR) is 109 cm³/mol. The minimum Gasteiger partial charge on any atom is -0.464 e. The number of aromatic nitrogens is 1. The van der Waals surface area contributed by atoms with Gasteiger partial charge in [0.2, 0.25) is 5.91 Å². The molecule has 4 rings (SSSR count). The summed E-state index contributed by atoms with van der Waals surface area (Å²) in [5.74, 6) is -0.0348. The molecule has 0 spiro atoms. The lowest BCUT2D eigenvalue weighted by molar-refractivity contribution is -0.120. The Bertz CT molecular complexity index is 1100. The molecular weight excluding hydrogens is 356 g/mol. The van der Waals surface area contributed by atoms with Crippen molar-refractivity contribution in [3.63, 3.8) is 0 Å². The van der Waals surface area contributed by atoms with Gasteiger partial charge in [-0.2, -0.15) is 0 Å². The van der Waals surface area contributed by atoms with E-state index in [1.54, 1.807) is 17.6 Å². The number of aryl methyl sites for hydroxylation is 2. The van der Waals surface area contributed by atoms with Crippen LogP contribution >= 0.6 is 11.3 Å². The fourth-order valence-corrected chi connectivity index (χ4v) is 3.76. The van der Waals surface area contributed by atoms with Crippen LogP contribution in [0.5, 0.6) is 0 Å². The van der Waals surface area contributed by atoms with Crippen LogP contribution < -0.4 is 5.32 Å². The fraction of sp³-hybridized carbons (Fsp3) is 0.182. The van der Waals surface area contributed by atoms with Crippen molar-refractivity contribution in [2.45, 2.75) is 26.8 Å². The summed E-state index contributed by atoms with van der Waals surface area (Å²) in [6.07, 6.45) is 1.98. The molecule has 1 N–H and O–H groups in total. The molecule has 0 saturated heterocycles. The number of amides is 1. The number of hydrogen-bond acceptors (Lipinski definition) is 4. The van der Waals surface area contributed by atoms with Crippen LogP contribution in [-0.4, -0.2) is 10.9 Å². The lowest BCUT2D eigenvalue weighted by atomic mass is 10.0. The third-order valence-electron chi connectivity index (χ3n) is 4.68. The van der Waals surface area contributed by atoms with Crippen molar-refractivity contribution in [2.24, 2.45) is 0 Å². The van der Waals surface area contributed by atoms with Crippen LogP contribution in [0.3, 0.4) is 0 Å². The molecule has 4 nitrogen and oxygen atoms in total. The van der Waals surface area contributed by atoms with E-state index >= 15 is 0 Å². The Balaban J connectivity index is 1.41. The quantitative estimate of drug-likeness (QED) is 0.531. The molecule has 0 saturated carbocycles. The van der Waals surface area contributed by atoms with Gasteiger partial charge in [0.15, 0.2) is 0 Å². The van der Waals surface area contributed by atoms with E-state index in [1.165, 1.54) is 11.1 Å². The van der Waals surface area contributed by atoms with E-state index in [1.807, 2.05) is 41.8 Å². The molecule has 2 aromatic carbocycles. The molecule has 0 unspecified atom stereocenters. The molecule has 0 bridgehead atoms. The van der Waals surface area contributed by atoms with Crippen LogP contribution in [0, 0.1) is 13.8 Å². The standard InChI is InChI=1S/C22H20N2O2S/c1-14-8-18-17(12-26-20(18)9-15(14)2)10-21(25)23-11-22-24-19(13-27-22)16-6-4-3-5-7-16/h3-9,12-13H,10-11H2,1-2H3,(H,23,25). The van der Waals surface area contributed by atoms with E-state index in [9.17, 15) is 4.79 Å². The molecule has 136 valence electrons. The fourth-order valence-electron chi connectivity index (χ4n) is 3.02. The summed E-state index contributed by atoms with van der Waals surface area (Å²) in [6.45, 7) is 4.56. The van der Waals surface area contributed by atoms with E-state index in [0.29, 0.717) is 13.0 Å². The van der Waals surface area contributed by atoms with Gasteiger partial charge in [-0.1, -0.05) is 30.3 Å². The lowest BCUT2D eigenvalue weighted by Gasteiger charge is -2.03. The van der Waals surface area contributed by atoms with Crippen molar-refractivity contribution in [1.29, 1.82) is 0 Å². The van der Waals surface area contributed by atoms with Gasteiger partial charge in [0.05, 0.1) is 24.9 Å². The molecule has 0 aliphatic rings. The second kappa shape index (κ2) is 7.37. The molecule has 0 fully saturated rings. The van der Waals surface area contributed by atoms with Crippen molar-refractivity contribution in [2.75, 3.05) is 0 Å². The molecule has 4 aromatic rings. The molecule has 27 heavy (non-hydrogen) atoms. The molecule has 5 heteroatoms. The number of carbonyl (C=O) groups is 1. The lowest BCUT2D eigenvalue weighted by Crippen LogP contribution is -2.24. The number of fused-ring (bicyclic) bond motifs is 1. The van der Waals surface area contributed by atoms with E-state index in [4.69, 9.17) is 4.42 Å². The Hall–Kier alpha value is -2.92. The van der Waals surface area contributed by atoms with Gasteiger partial charge in [-0.05, 0) is 37.1 Å². The Morgan fingerprint density at radius 1 is 1.15 bits per heavy atom. The second-order valence-electron chi connectivity index (χ2n) is 6.64. The summed E-state index contributed by atoms with van der Waals surface area (Å²) in [5, 5.41) is 6.88. The van der Waals surface area contributed by atoms with E-state index < -0.39 is 0 Å². The van der Waals surface area contributed by atoms with Gasteiger partial charge in [-0.25, -0.2) is 4.98 Å². The average Bonchev–Trinajstić information content (AvgIpc) is 3.29. The van der Waals surface area contributed by atoms with Crippen LogP contribution in [0.1, 0.15) is 21.7 Å². The SMILES string of the molecule is Cc1cc2occ(CC(=O)NCc3nc(-c4ccccc4)cs3)c2cc1C. The molecule has 0 aliphatic heterocycles. The molecular formula is C22H20N2O2S. The molecule has 1 amide bonds. The summed E-state index contributed by atoms with van der Waals surface area (Å²) in [6, 6.07) is 14.1. The Morgan fingerprint density at radius 3 is 2.74 bits per heavy atom. The largest absolute Gasteiger partial charge is 0.464 e. The summed E-state index contributed by atoms with van der Waals surface area (Å²) < 4.78 is 5.61. The van der Waals surface area contributed by atoms with E-state index in [-0.39, 0.29) is 5.91 Å². The summed E-state index contributed by atoms with van der Waals surface area (Å²) in [7, 11) is 0. The average molecular weight is 376 g/mol. The number of thiazole rings is 1. The first-order valence-corrected chi connectivity index (χ1v) is 9.72. The Labute approximate surface area is 161 Å². The van der Waals surface area contributed by atoms with Crippen molar-refractivity contribution in [3.05, 3.63) is 75.8 Å². The Morgan fingerprint density at radius 2 is 1.93 bits per heavy atom. The smallest absolute Gasteiger partial charge is 0.224 e. The maximum Gasteiger partial charge on any atom is 0.224 e. The minimum absolute atomic E-state index is 0.0348. The Kier molecular flexibility index (Phi) is 4.77. The van der Waals surface area contributed by atoms with Crippen molar-refractivity contribution >= 4 is 28.2 Å². The number of nitrogens with zero attached hydrogens (tertiary/aromatic N) is 1. The molecule has 2 heterocycles. The van der Waals surface area contributed by atoms with Gasteiger partial charge >= 0.3 is 0 Å². The van der Waals surface area contributed by atoms with Crippen LogP contribution in [-0.2, 0) is 17.8 Å². The monoisotopic (exact) mass is 376 g/mol. The molecule has 0 atom stereocenters. The third kappa shape index (κ3) is 3.78. The van der Waals surface area contributed by atoms with Crippen LogP contribution in [0.2, 0.25) is 0 Å². The first kappa shape index (κ1) is 17.5. The molecule has 0 radical (unpaired) electrons. The maximum absolute atomic E-state index is 12.4. The number of carbonyl (C=O) groups excluding carboxylic acids is 1. The number of furan rings is 1. The zero-order valence-electron chi connectivity index (χ0n) is 15.3. The van der Waals surface area contributed by atoms with Crippen LogP contribution in [0.15, 0.2) is 58.5 Å². The van der Waals surface area contributed by atoms with Gasteiger partial charge in [-0.15, -0.1) is 11.3 Å². The number of nitrogens with one attached hydrogen (secondary N) is 1. The highest BCUT2D eigenvalue weighted by Gasteiger charge is 2.12. The van der Waals surface area contributed by atoms with Gasteiger partial charge in [-0.3, -0.25) is 4.79 Å². The van der Waals surface area contributed by atoms with Crippen molar-refractivity contribution < 1.29 is 9.21 Å². The zero-order chi connectivity index (χ0) is 18.8. The molecule has 2 aromatic heterocycles. The first-order valence-electron chi connectivity index (χ1n) is 8.84. The summed E-state index contributed by atoms with van der Waals surface area (Å²) in [5.41, 5.74) is 6.15. The predicted octanol–water partition coefficient (Wildman–Crippen LogP) is 5.03. The van der Waals surface area contributed by atoms with Gasteiger partial charge in [0, 0.05) is 21.9 Å². The maximum atomic E-state index is 12.4. The number of rotatable bonds is 5. The van der Waals surface area contributed by atoms with Gasteiger partial charge in [0.25, 0.3) is 0 Å². The third-order valence-corrected chi connectivity index (χ3v) is 5.53. The van der Waals surface area contributed by atoms with Gasteiger partial charge < -0.3 is 9.73 Å². The van der Waals surface area contributed by atoms with Crippen molar-refractivity contribution in [3.8, 4) is 11.3 Å². The topological polar surface area (TPSA) is 55.1 Å². The van der Waals surface area contributed by atoms with E-state index in [2.05, 4.69) is 30.2 Å².